The van der Waals surface area contributed by atoms with Crippen LogP contribution in [0.15, 0.2) is 17.2 Å². The Morgan fingerprint density at radius 3 is 3.06 bits per heavy atom. The lowest BCUT2D eigenvalue weighted by Gasteiger charge is -2.35. The van der Waals surface area contributed by atoms with Crippen molar-refractivity contribution in [2.45, 2.75) is 25.9 Å². The Kier molecular flexibility index (Phi) is 4.40. The van der Waals surface area contributed by atoms with Crippen molar-refractivity contribution >= 4 is 21.7 Å². The molecule has 1 fully saturated rings. The molecule has 0 radical (unpaired) electrons. The van der Waals surface area contributed by atoms with E-state index in [0.717, 1.165) is 5.33 Å². The van der Waals surface area contributed by atoms with Crippen LogP contribution in [0.3, 0.4) is 0 Å². The third-order valence-corrected chi connectivity index (χ3v) is 3.83. The molecule has 100 valence electrons. The van der Waals surface area contributed by atoms with Gasteiger partial charge in [-0.2, -0.15) is 0 Å². The van der Waals surface area contributed by atoms with Gasteiger partial charge in [-0.05, 0) is 13.8 Å². The summed E-state index contributed by atoms with van der Waals surface area (Å²) < 4.78 is 7.15. The highest BCUT2D eigenvalue weighted by Gasteiger charge is 2.25. The number of ether oxygens (including phenoxy) is 1. The van der Waals surface area contributed by atoms with Crippen LogP contribution in [0.4, 0.5) is 5.82 Å². The third-order valence-electron chi connectivity index (χ3n) is 3.08. The largest absolute Gasteiger partial charge is 0.377 e. The predicted molar refractivity (Wildman–Crippen MR) is 74.6 cm³/mol. The molecule has 1 aromatic heterocycles. The van der Waals surface area contributed by atoms with Gasteiger partial charge in [0.25, 0.3) is 5.56 Å². The summed E-state index contributed by atoms with van der Waals surface area (Å²) in [5, 5.41) is 0.769. The van der Waals surface area contributed by atoms with Crippen molar-refractivity contribution in [3.8, 4) is 0 Å². The quantitative estimate of drug-likeness (QED) is 0.792. The van der Waals surface area contributed by atoms with Gasteiger partial charge in [0.1, 0.15) is 0 Å². The highest BCUT2D eigenvalue weighted by molar-refractivity contribution is 9.09. The molecule has 0 saturated carbocycles. The van der Waals surface area contributed by atoms with Gasteiger partial charge in [0, 0.05) is 30.3 Å². The fraction of sp³-hybridized carbons (Fsp3) is 0.667. The number of nitrogens with zero attached hydrogens (tertiary/aromatic N) is 3. The number of hydrogen-bond acceptors (Lipinski definition) is 4. The minimum Gasteiger partial charge on any atom is -0.377 e. The van der Waals surface area contributed by atoms with E-state index in [4.69, 9.17) is 4.74 Å². The summed E-state index contributed by atoms with van der Waals surface area (Å²) in [7, 11) is 0. The molecule has 1 saturated heterocycles. The van der Waals surface area contributed by atoms with Gasteiger partial charge in [0.05, 0.1) is 19.3 Å². The monoisotopic (exact) mass is 315 g/mol. The van der Waals surface area contributed by atoms with Gasteiger partial charge in [-0.15, -0.1) is 0 Å². The first-order chi connectivity index (χ1) is 8.65. The van der Waals surface area contributed by atoms with E-state index >= 15 is 0 Å². The number of aromatic nitrogens is 2. The van der Waals surface area contributed by atoms with Crippen LogP contribution in [-0.2, 0) is 4.74 Å². The first-order valence-electron chi connectivity index (χ1n) is 6.12. The van der Waals surface area contributed by atoms with Gasteiger partial charge >= 0.3 is 0 Å². The lowest BCUT2D eigenvalue weighted by molar-refractivity contribution is 0.0998. The van der Waals surface area contributed by atoms with Crippen molar-refractivity contribution in [3.05, 3.63) is 22.7 Å². The number of hydrogen-bond donors (Lipinski definition) is 0. The summed E-state index contributed by atoms with van der Waals surface area (Å²) in [6, 6.07) is 0.310. The highest BCUT2D eigenvalue weighted by atomic mass is 79.9. The second-order valence-electron chi connectivity index (χ2n) is 4.63. The first-order valence-corrected chi connectivity index (χ1v) is 7.24. The van der Waals surface area contributed by atoms with Crippen LogP contribution in [0.2, 0.25) is 0 Å². The summed E-state index contributed by atoms with van der Waals surface area (Å²) in [5.41, 5.74) is -0.0275. The number of rotatable bonds is 3. The fourth-order valence-electron chi connectivity index (χ4n) is 2.08. The summed E-state index contributed by atoms with van der Waals surface area (Å²) in [6.45, 7) is 5.96. The van der Waals surface area contributed by atoms with E-state index in [2.05, 4.69) is 20.9 Å². The molecule has 5 nitrogen and oxygen atoms in total. The maximum Gasteiger partial charge on any atom is 0.293 e. The molecule has 2 heterocycles. The molecule has 1 unspecified atom stereocenters. The number of anilines is 1. The summed E-state index contributed by atoms with van der Waals surface area (Å²) in [6.07, 6.45) is 3.43. The normalized spacial score (nSPS) is 20.4. The lowest BCUT2D eigenvalue weighted by Crippen LogP contribution is -2.49. The van der Waals surface area contributed by atoms with Gasteiger partial charge in [0.15, 0.2) is 5.82 Å². The van der Waals surface area contributed by atoms with Crippen molar-refractivity contribution < 1.29 is 4.74 Å². The third kappa shape index (κ3) is 2.59. The molecule has 18 heavy (non-hydrogen) atoms. The van der Waals surface area contributed by atoms with Crippen molar-refractivity contribution in [2.24, 2.45) is 0 Å². The van der Waals surface area contributed by atoms with Crippen LogP contribution in [-0.4, -0.2) is 40.7 Å². The first kappa shape index (κ1) is 13.5. The molecular formula is C12H18BrN3O2. The van der Waals surface area contributed by atoms with Crippen LogP contribution in [0, 0.1) is 0 Å². The number of morpholine rings is 1. The van der Waals surface area contributed by atoms with Gasteiger partial charge in [-0.25, -0.2) is 4.98 Å². The molecule has 0 aromatic carbocycles. The Morgan fingerprint density at radius 1 is 1.61 bits per heavy atom. The molecule has 0 spiro atoms. The molecule has 2 rings (SSSR count). The molecule has 0 amide bonds. The Hall–Kier alpha value is -0.880. The number of alkyl halides is 1. The highest BCUT2D eigenvalue weighted by Crippen LogP contribution is 2.15. The van der Waals surface area contributed by atoms with E-state index < -0.39 is 0 Å². The summed E-state index contributed by atoms with van der Waals surface area (Å²) in [4.78, 5) is 18.7. The Balaban J connectivity index is 2.38. The second-order valence-corrected chi connectivity index (χ2v) is 5.28. The average molecular weight is 316 g/mol. The fourth-order valence-corrected chi connectivity index (χ4v) is 2.62. The summed E-state index contributed by atoms with van der Waals surface area (Å²) >= 11 is 3.46. The zero-order valence-corrected chi connectivity index (χ0v) is 12.3. The van der Waals surface area contributed by atoms with Gasteiger partial charge in [-0.1, -0.05) is 15.9 Å². The zero-order chi connectivity index (χ0) is 13.1. The van der Waals surface area contributed by atoms with Crippen molar-refractivity contribution in [2.75, 3.05) is 30.0 Å². The van der Waals surface area contributed by atoms with E-state index in [1.54, 1.807) is 17.0 Å². The molecule has 0 bridgehead atoms. The van der Waals surface area contributed by atoms with E-state index in [-0.39, 0.29) is 17.6 Å². The number of halogens is 1. The lowest BCUT2D eigenvalue weighted by atomic mass is 10.2. The Labute approximate surface area is 115 Å². The summed E-state index contributed by atoms with van der Waals surface area (Å²) in [5.74, 6) is 0.527. The SMILES string of the molecule is CC(C)n1ccnc(N2CCOCC2CBr)c1=O. The van der Waals surface area contributed by atoms with Crippen molar-refractivity contribution in [1.29, 1.82) is 0 Å². The van der Waals surface area contributed by atoms with Crippen LogP contribution in [0.25, 0.3) is 0 Å². The minimum atomic E-state index is -0.0275. The molecule has 0 N–H and O–H groups in total. The molecule has 1 aliphatic rings. The molecule has 6 heteroatoms. The maximum atomic E-state index is 12.4. The van der Waals surface area contributed by atoms with E-state index in [1.807, 2.05) is 18.7 Å². The van der Waals surface area contributed by atoms with Crippen LogP contribution in [0.5, 0.6) is 0 Å². The van der Waals surface area contributed by atoms with Crippen LogP contribution < -0.4 is 10.5 Å². The van der Waals surface area contributed by atoms with Crippen LogP contribution >= 0.6 is 15.9 Å². The zero-order valence-electron chi connectivity index (χ0n) is 10.7. The Bertz CT molecular complexity index is 461. The average Bonchev–Trinajstić information content (AvgIpc) is 2.38. The van der Waals surface area contributed by atoms with Crippen molar-refractivity contribution in [1.82, 2.24) is 9.55 Å². The predicted octanol–water partition coefficient (Wildman–Crippen LogP) is 1.42. The van der Waals surface area contributed by atoms with E-state index in [9.17, 15) is 4.79 Å². The van der Waals surface area contributed by atoms with Gasteiger partial charge in [-0.3, -0.25) is 4.79 Å². The molecule has 1 aromatic rings. The van der Waals surface area contributed by atoms with Gasteiger partial charge < -0.3 is 14.2 Å². The standard InChI is InChI=1S/C12H18BrN3O2/c1-9(2)15-4-3-14-11(12(15)17)16-5-6-18-8-10(16)7-13/h3-4,9-10H,5-8H2,1-2H3. The smallest absolute Gasteiger partial charge is 0.293 e. The van der Waals surface area contributed by atoms with Crippen molar-refractivity contribution in [3.63, 3.8) is 0 Å². The maximum absolute atomic E-state index is 12.4. The van der Waals surface area contributed by atoms with E-state index in [1.165, 1.54) is 0 Å². The topological polar surface area (TPSA) is 47.4 Å². The second kappa shape index (κ2) is 5.84. The molecule has 0 aliphatic carbocycles. The molecular weight excluding hydrogens is 298 g/mol. The Morgan fingerprint density at radius 2 is 2.39 bits per heavy atom. The van der Waals surface area contributed by atoms with E-state index in [0.29, 0.717) is 25.6 Å². The van der Waals surface area contributed by atoms with Crippen LogP contribution in [0.1, 0.15) is 19.9 Å². The van der Waals surface area contributed by atoms with Gasteiger partial charge in [0.2, 0.25) is 0 Å². The molecule has 1 atom stereocenters. The minimum absolute atomic E-state index is 0.0275. The molecule has 1 aliphatic heterocycles.